The Morgan fingerprint density at radius 1 is 1.32 bits per heavy atom. The number of carbonyl (C=O) groups excluding carboxylic acids is 3. The molecule has 28 heavy (non-hydrogen) atoms. The van der Waals surface area contributed by atoms with E-state index in [1.54, 1.807) is 31.2 Å². The number of thiophene rings is 1. The van der Waals surface area contributed by atoms with Crippen molar-refractivity contribution in [3.05, 3.63) is 45.6 Å². The molecule has 0 fully saturated rings. The minimum atomic E-state index is -0.492. The van der Waals surface area contributed by atoms with Gasteiger partial charge in [-0.1, -0.05) is 25.5 Å². The van der Waals surface area contributed by atoms with Crippen LogP contribution in [0.1, 0.15) is 46.8 Å². The van der Waals surface area contributed by atoms with Crippen molar-refractivity contribution >= 4 is 40.5 Å². The minimum Gasteiger partial charge on any atom is -0.451 e. The van der Waals surface area contributed by atoms with Crippen molar-refractivity contribution in [2.45, 2.75) is 46.1 Å². The Kier molecular flexibility index (Phi) is 6.14. The van der Waals surface area contributed by atoms with Crippen LogP contribution < -0.4 is 10.2 Å². The number of rotatable bonds is 5. The van der Waals surface area contributed by atoms with E-state index in [0.717, 1.165) is 23.3 Å². The zero-order valence-electron chi connectivity index (χ0n) is 16.3. The SMILES string of the molecule is CCCc1cc(C(=O)OCC(=O)N2c3ccccc3NC(=O)C[C@H]2C)sc1C. The smallest absolute Gasteiger partial charge is 0.348 e. The van der Waals surface area contributed by atoms with Crippen molar-refractivity contribution in [1.82, 2.24) is 0 Å². The highest BCUT2D eigenvalue weighted by molar-refractivity contribution is 7.14. The monoisotopic (exact) mass is 400 g/mol. The van der Waals surface area contributed by atoms with Gasteiger partial charge in [0.15, 0.2) is 6.61 Å². The lowest BCUT2D eigenvalue weighted by Crippen LogP contribution is -2.41. The Morgan fingerprint density at radius 2 is 2.07 bits per heavy atom. The molecule has 6 nitrogen and oxygen atoms in total. The summed E-state index contributed by atoms with van der Waals surface area (Å²) in [4.78, 5) is 40.4. The van der Waals surface area contributed by atoms with Gasteiger partial charge >= 0.3 is 5.97 Å². The molecule has 0 aliphatic carbocycles. The summed E-state index contributed by atoms with van der Waals surface area (Å²) in [6.07, 6.45) is 2.10. The van der Waals surface area contributed by atoms with E-state index in [1.807, 2.05) is 13.0 Å². The quantitative estimate of drug-likeness (QED) is 0.772. The summed E-state index contributed by atoms with van der Waals surface area (Å²) in [5.74, 6) is -0.995. The molecule has 3 rings (SSSR count). The summed E-state index contributed by atoms with van der Waals surface area (Å²) in [5.41, 5.74) is 2.33. The molecule has 7 heteroatoms. The van der Waals surface area contributed by atoms with Crippen molar-refractivity contribution < 1.29 is 19.1 Å². The van der Waals surface area contributed by atoms with E-state index in [9.17, 15) is 14.4 Å². The van der Waals surface area contributed by atoms with Crippen LogP contribution in [0.2, 0.25) is 0 Å². The standard InChI is InChI=1S/C21H24N2O4S/c1-4-7-15-11-18(28-14(15)3)21(26)27-12-20(25)23-13(2)10-19(24)22-16-8-5-6-9-17(16)23/h5-6,8-9,11,13H,4,7,10,12H2,1-3H3,(H,22,24)/t13-/m1/s1. The molecule has 148 valence electrons. The first-order chi connectivity index (χ1) is 13.4. The molecule has 1 aromatic heterocycles. The average Bonchev–Trinajstić information content (AvgIpc) is 2.95. The number of nitrogens with zero attached hydrogens (tertiary/aromatic N) is 1. The molecule has 1 N–H and O–H groups in total. The van der Waals surface area contributed by atoms with Gasteiger partial charge in [0, 0.05) is 17.3 Å². The molecular weight excluding hydrogens is 376 g/mol. The highest BCUT2D eigenvalue weighted by atomic mass is 32.1. The fraction of sp³-hybridized carbons (Fsp3) is 0.381. The lowest BCUT2D eigenvalue weighted by atomic mass is 10.1. The Labute approximate surface area is 168 Å². The number of nitrogens with one attached hydrogen (secondary N) is 1. The van der Waals surface area contributed by atoms with E-state index in [2.05, 4.69) is 12.2 Å². The molecule has 0 saturated heterocycles. The van der Waals surface area contributed by atoms with Gasteiger partial charge in [0.2, 0.25) is 5.91 Å². The van der Waals surface area contributed by atoms with E-state index in [1.165, 1.54) is 16.2 Å². The second-order valence-corrected chi connectivity index (χ2v) is 8.16. The molecule has 1 aliphatic rings. The number of para-hydroxylation sites is 2. The molecule has 0 radical (unpaired) electrons. The first-order valence-electron chi connectivity index (χ1n) is 9.38. The molecule has 1 aromatic carbocycles. The summed E-state index contributed by atoms with van der Waals surface area (Å²) in [6, 6.07) is 8.64. The molecule has 0 unspecified atom stereocenters. The van der Waals surface area contributed by atoms with Gasteiger partial charge in [-0.05, 0) is 44.0 Å². The van der Waals surface area contributed by atoms with Crippen LogP contribution in [-0.4, -0.2) is 30.4 Å². The van der Waals surface area contributed by atoms with Crippen LogP contribution in [0.4, 0.5) is 11.4 Å². The van der Waals surface area contributed by atoms with Crippen molar-refractivity contribution in [2.75, 3.05) is 16.8 Å². The molecule has 0 bridgehead atoms. The number of aryl methyl sites for hydroxylation is 2. The van der Waals surface area contributed by atoms with Crippen LogP contribution in [0, 0.1) is 6.92 Å². The van der Waals surface area contributed by atoms with E-state index < -0.39 is 5.97 Å². The van der Waals surface area contributed by atoms with Crippen LogP contribution >= 0.6 is 11.3 Å². The third-order valence-electron chi connectivity index (χ3n) is 4.70. The zero-order valence-corrected chi connectivity index (χ0v) is 17.1. The van der Waals surface area contributed by atoms with Crippen molar-refractivity contribution in [1.29, 1.82) is 0 Å². The maximum atomic E-state index is 12.9. The lowest BCUT2D eigenvalue weighted by molar-refractivity contribution is -0.122. The number of ether oxygens (including phenoxy) is 1. The molecule has 2 amide bonds. The summed E-state index contributed by atoms with van der Waals surface area (Å²) in [7, 11) is 0. The van der Waals surface area contributed by atoms with Crippen LogP contribution in [0.25, 0.3) is 0 Å². The summed E-state index contributed by atoms with van der Waals surface area (Å²) in [6.45, 7) is 5.51. The van der Waals surface area contributed by atoms with Crippen LogP contribution in [-0.2, 0) is 20.7 Å². The summed E-state index contributed by atoms with van der Waals surface area (Å²) < 4.78 is 5.30. The highest BCUT2D eigenvalue weighted by Gasteiger charge is 2.30. The third-order valence-corrected chi connectivity index (χ3v) is 5.77. The first kappa shape index (κ1) is 20.1. The highest BCUT2D eigenvalue weighted by Crippen LogP contribution is 2.31. The van der Waals surface area contributed by atoms with Gasteiger partial charge in [-0.15, -0.1) is 11.3 Å². The number of anilines is 2. The van der Waals surface area contributed by atoms with Crippen LogP contribution in [0.15, 0.2) is 30.3 Å². The Morgan fingerprint density at radius 3 is 2.82 bits per heavy atom. The second-order valence-electron chi connectivity index (χ2n) is 6.90. The molecule has 0 spiro atoms. The van der Waals surface area contributed by atoms with E-state index in [4.69, 9.17) is 4.74 Å². The maximum absolute atomic E-state index is 12.9. The first-order valence-corrected chi connectivity index (χ1v) is 10.2. The van der Waals surface area contributed by atoms with Gasteiger partial charge in [0.1, 0.15) is 4.88 Å². The van der Waals surface area contributed by atoms with Gasteiger partial charge in [-0.2, -0.15) is 0 Å². The number of fused-ring (bicyclic) bond motifs is 1. The largest absolute Gasteiger partial charge is 0.451 e. The Hall–Kier alpha value is -2.67. The van der Waals surface area contributed by atoms with Crippen LogP contribution in [0.5, 0.6) is 0 Å². The molecule has 0 saturated carbocycles. The van der Waals surface area contributed by atoms with Gasteiger partial charge in [0.05, 0.1) is 11.4 Å². The summed E-state index contributed by atoms with van der Waals surface area (Å²) >= 11 is 1.39. The van der Waals surface area contributed by atoms with Crippen molar-refractivity contribution in [3.8, 4) is 0 Å². The molecule has 1 aliphatic heterocycles. The van der Waals surface area contributed by atoms with E-state index in [0.29, 0.717) is 16.3 Å². The molecule has 2 aromatic rings. The number of hydrogen-bond acceptors (Lipinski definition) is 5. The number of esters is 1. The van der Waals surface area contributed by atoms with Crippen LogP contribution in [0.3, 0.4) is 0 Å². The van der Waals surface area contributed by atoms with E-state index in [-0.39, 0.29) is 30.9 Å². The molecular formula is C21H24N2O4S. The van der Waals surface area contributed by atoms with Crippen molar-refractivity contribution in [2.24, 2.45) is 0 Å². The second kappa shape index (κ2) is 8.56. The maximum Gasteiger partial charge on any atom is 0.348 e. The number of hydrogen-bond donors (Lipinski definition) is 1. The topological polar surface area (TPSA) is 75.7 Å². The lowest BCUT2D eigenvalue weighted by Gasteiger charge is -2.27. The number of amides is 2. The Balaban J connectivity index is 1.73. The zero-order chi connectivity index (χ0) is 20.3. The third kappa shape index (κ3) is 4.25. The Bertz CT molecular complexity index is 906. The fourth-order valence-electron chi connectivity index (χ4n) is 3.37. The fourth-order valence-corrected chi connectivity index (χ4v) is 4.34. The molecule has 2 heterocycles. The van der Waals surface area contributed by atoms with Gasteiger partial charge < -0.3 is 15.0 Å². The number of benzene rings is 1. The van der Waals surface area contributed by atoms with Gasteiger partial charge in [0.25, 0.3) is 5.91 Å². The van der Waals surface area contributed by atoms with Gasteiger partial charge in [-0.3, -0.25) is 9.59 Å². The number of carbonyl (C=O) groups is 3. The molecule has 1 atom stereocenters. The van der Waals surface area contributed by atoms with Crippen molar-refractivity contribution in [3.63, 3.8) is 0 Å². The predicted molar refractivity (Wildman–Crippen MR) is 110 cm³/mol. The minimum absolute atomic E-state index is 0.148. The average molecular weight is 401 g/mol. The van der Waals surface area contributed by atoms with E-state index >= 15 is 0 Å². The normalized spacial score (nSPS) is 16.2. The van der Waals surface area contributed by atoms with Gasteiger partial charge in [-0.25, -0.2) is 4.79 Å². The summed E-state index contributed by atoms with van der Waals surface area (Å²) in [5, 5.41) is 2.81. The predicted octanol–water partition coefficient (Wildman–Crippen LogP) is 3.93.